The van der Waals surface area contributed by atoms with Crippen LogP contribution in [0.2, 0.25) is 0 Å². The van der Waals surface area contributed by atoms with Gasteiger partial charge in [0, 0.05) is 12.8 Å². The van der Waals surface area contributed by atoms with E-state index in [2.05, 4.69) is 12.2 Å². The lowest BCUT2D eigenvalue weighted by Crippen LogP contribution is -2.54. The molecule has 9 heteroatoms. The van der Waals surface area contributed by atoms with Crippen LogP contribution in [0.4, 0.5) is 4.79 Å². The molecule has 0 bridgehead atoms. The fourth-order valence-corrected chi connectivity index (χ4v) is 4.03. The molecule has 37 heavy (non-hydrogen) atoms. The van der Waals surface area contributed by atoms with E-state index in [9.17, 15) is 29.7 Å². The molecule has 1 aromatic carbocycles. The van der Waals surface area contributed by atoms with Crippen molar-refractivity contribution in [3.05, 3.63) is 23.8 Å². The predicted octanol–water partition coefficient (Wildman–Crippen LogP) is 6.19. The van der Waals surface area contributed by atoms with Crippen molar-refractivity contribution in [1.29, 1.82) is 0 Å². The van der Waals surface area contributed by atoms with E-state index < -0.39 is 36.1 Å². The molecule has 0 heterocycles. The Hall–Kier alpha value is -2.97. The van der Waals surface area contributed by atoms with Crippen LogP contribution in [-0.4, -0.2) is 45.7 Å². The number of phenolic OH excluding ortho intramolecular Hbond substituents is 2. The third-order valence-corrected chi connectivity index (χ3v) is 6.34. The summed E-state index contributed by atoms with van der Waals surface area (Å²) in [4.78, 5) is 35.6. The molecule has 0 aliphatic heterocycles. The van der Waals surface area contributed by atoms with Gasteiger partial charge in [0.15, 0.2) is 11.5 Å². The number of aromatic hydroxyl groups is 2. The molecule has 0 radical (unpaired) electrons. The molecule has 0 saturated carbocycles. The highest BCUT2D eigenvalue weighted by molar-refractivity contribution is 5.84. The molecule has 0 aliphatic carbocycles. The zero-order chi connectivity index (χ0) is 27.5. The number of carboxylic acids is 1. The normalized spacial score (nSPS) is 12.5. The molecule has 1 amide bonds. The molecule has 0 spiro atoms. The van der Waals surface area contributed by atoms with Gasteiger partial charge in [-0.1, -0.05) is 90.0 Å². The summed E-state index contributed by atoms with van der Waals surface area (Å²) in [6, 6.07) is 3.87. The highest BCUT2D eigenvalue weighted by atomic mass is 16.7. The van der Waals surface area contributed by atoms with E-state index in [0.29, 0.717) is 12.0 Å². The highest BCUT2D eigenvalue weighted by Crippen LogP contribution is 2.27. The smallest absolute Gasteiger partial charge is 0.410 e. The Kier molecular flexibility index (Phi) is 15.9. The summed E-state index contributed by atoms with van der Waals surface area (Å²) in [5.74, 6) is -2.54. The molecule has 9 nitrogen and oxygen atoms in total. The molecular weight excluding hydrogens is 478 g/mol. The number of hydrogen-bond donors (Lipinski definition) is 4. The van der Waals surface area contributed by atoms with Crippen LogP contribution in [0.15, 0.2) is 18.2 Å². The summed E-state index contributed by atoms with van der Waals surface area (Å²) in [5.41, 5.74) is -1.37. The molecule has 1 aromatic rings. The number of phenols is 2. The number of hydrogen-bond acceptors (Lipinski definition) is 7. The number of ether oxygens (including phenoxy) is 2. The van der Waals surface area contributed by atoms with Crippen molar-refractivity contribution >= 4 is 18.0 Å². The molecule has 210 valence electrons. The van der Waals surface area contributed by atoms with Crippen molar-refractivity contribution in [3.8, 4) is 11.5 Å². The van der Waals surface area contributed by atoms with Crippen LogP contribution in [0.1, 0.15) is 109 Å². The van der Waals surface area contributed by atoms with Gasteiger partial charge in [0.25, 0.3) is 0 Å². The maximum Gasteiger partial charge on any atom is 0.410 e. The monoisotopic (exact) mass is 523 g/mol. The minimum absolute atomic E-state index is 0.176. The lowest BCUT2D eigenvalue weighted by atomic mass is 9.93. The Morgan fingerprint density at radius 3 is 1.86 bits per heavy atom. The molecule has 0 fully saturated rings. The van der Waals surface area contributed by atoms with Crippen molar-refractivity contribution in [1.82, 2.24) is 5.32 Å². The molecule has 1 rings (SSSR count). The zero-order valence-electron chi connectivity index (χ0n) is 22.4. The maximum absolute atomic E-state index is 12.1. The minimum Gasteiger partial charge on any atom is -0.504 e. The van der Waals surface area contributed by atoms with Gasteiger partial charge in [-0.25, -0.2) is 9.59 Å². The van der Waals surface area contributed by atoms with E-state index in [0.717, 1.165) is 12.8 Å². The minimum atomic E-state index is -1.75. The van der Waals surface area contributed by atoms with Crippen LogP contribution in [-0.2, 0) is 25.5 Å². The average Bonchev–Trinajstić information content (AvgIpc) is 2.84. The van der Waals surface area contributed by atoms with E-state index in [-0.39, 0.29) is 18.6 Å². The van der Waals surface area contributed by atoms with Gasteiger partial charge in [-0.3, -0.25) is 4.79 Å². The number of rotatable bonds is 20. The van der Waals surface area contributed by atoms with E-state index >= 15 is 0 Å². The number of unbranched alkanes of at least 4 members (excludes halogenated alkanes) is 12. The first-order valence-corrected chi connectivity index (χ1v) is 13.5. The second-order valence-electron chi connectivity index (χ2n) is 9.82. The largest absolute Gasteiger partial charge is 0.504 e. The summed E-state index contributed by atoms with van der Waals surface area (Å²) in [6.07, 6.45) is 14.7. The second-order valence-corrected chi connectivity index (χ2v) is 9.82. The Morgan fingerprint density at radius 2 is 1.35 bits per heavy atom. The standard InChI is InChI=1S/C28H45NO8/c1-3-4-5-6-7-8-9-10-11-12-13-14-15-16-25(32)36-21-37-27(35)29-28(2,26(33)34)20-22-17-18-23(30)24(31)19-22/h17-19,30-31H,3-16,20-21H2,1-2H3,(H,29,35)(H,33,34)/t28-/m0/s1. The number of esters is 1. The topological polar surface area (TPSA) is 142 Å². The first-order chi connectivity index (χ1) is 17.7. The summed E-state index contributed by atoms with van der Waals surface area (Å²) in [6.45, 7) is 2.90. The molecule has 1 atom stereocenters. The number of amides is 1. The van der Waals surface area contributed by atoms with Gasteiger partial charge in [-0.05, 0) is 31.0 Å². The van der Waals surface area contributed by atoms with Crippen LogP contribution in [0.3, 0.4) is 0 Å². The van der Waals surface area contributed by atoms with E-state index in [1.165, 1.54) is 89.3 Å². The fraction of sp³-hybridized carbons (Fsp3) is 0.679. The molecule has 0 aromatic heterocycles. The lowest BCUT2D eigenvalue weighted by molar-refractivity contribution is -0.153. The van der Waals surface area contributed by atoms with Crippen LogP contribution < -0.4 is 5.32 Å². The Morgan fingerprint density at radius 1 is 0.811 bits per heavy atom. The number of alkyl carbamates (subject to hydrolysis) is 1. The maximum atomic E-state index is 12.1. The van der Waals surface area contributed by atoms with Crippen molar-refractivity contribution in [2.24, 2.45) is 0 Å². The number of carbonyl (C=O) groups excluding carboxylic acids is 2. The number of benzene rings is 1. The van der Waals surface area contributed by atoms with Gasteiger partial charge in [-0.15, -0.1) is 0 Å². The van der Waals surface area contributed by atoms with Gasteiger partial charge in [0.2, 0.25) is 6.79 Å². The average molecular weight is 524 g/mol. The van der Waals surface area contributed by atoms with Gasteiger partial charge in [0.1, 0.15) is 5.54 Å². The lowest BCUT2D eigenvalue weighted by Gasteiger charge is -2.26. The van der Waals surface area contributed by atoms with E-state index in [1.807, 2.05) is 0 Å². The molecule has 0 unspecified atom stereocenters. The molecule has 0 saturated heterocycles. The first-order valence-electron chi connectivity index (χ1n) is 13.5. The van der Waals surface area contributed by atoms with Crippen molar-refractivity contribution < 1.29 is 39.2 Å². The van der Waals surface area contributed by atoms with Crippen LogP contribution in [0.5, 0.6) is 11.5 Å². The number of carboxylic acid groups (broad SMARTS) is 1. The molecule has 0 aliphatic rings. The Labute approximate surface area is 220 Å². The summed E-state index contributed by atoms with van der Waals surface area (Å²) < 4.78 is 9.72. The number of aliphatic carboxylic acids is 1. The van der Waals surface area contributed by atoms with Crippen LogP contribution in [0, 0.1) is 0 Å². The predicted molar refractivity (Wildman–Crippen MR) is 140 cm³/mol. The highest BCUT2D eigenvalue weighted by Gasteiger charge is 2.36. The van der Waals surface area contributed by atoms with Crippen molar-refractivity contribution in [2.75, 3.05) is 6.79 Å². The quantitative estimate of drug-likeness (QED) is 0.0685. The number of carbonyl (C=O) groups is 3. The first kappa shape index (κ1) is 32.1. The van der Waals surface area contributed by atoms with Gasteiger partial charge >= 0.3 is 18.0 Å². The second kappa shape index (κ2) is 18.3. The fourth-order valence-electron chi connectivity index (χ4n) is 4.03. The van der Waals surface area contributed by atoms with E-state index in [1.54, 1.807) is 0 Å². The van der Waals surface area contributed by atoms with E-state index in [4.69, 9.17) is 9.47 Å². The zero-order valence-corrected chi connectivity index (χ0v) is 22.4. The Bertz CT molecular complexity index is 828. The SMILES string of the molecule is CCCCCCCCCCCCCCCC(=O)OCOC(=O)N[C@@](C)(Cc1ccc(O)c(O)c1)C(=O)O. The van der Waals surface area contributed by atoms with Gasteiger partial charge in [0.05, 0.1) is 0 Å². The molecule has 4 N–H and O–H groups in total. The number of nitrogens with one attached hydrogen (secondary N) is 1. The summed E-state index contributed by atoms with van der Waals surface area (Å²) in [7, 11) is 0. The Balaban J connectivity index is 2.14. The van der Waals surface area contributed by atoms with Gasteiger partial charge < -0.3 is 30.1 Å². The van der Waals surface area contributed by atoms with Crippen LogP contribution >= 0.6 is 0 Å². The molecular formula is C28H45NO8. The summed E-state index contributed by atoms with van der Waals surface area (Å²) in [5, 5.41) is 30.8. The summed E-state index contributed by atoms with van der Waals surface area (Å²) >= 11 is 0. The van der Waals surface area contributed by atoms with Crippen LogP contribution in [0.25, 0.3) is 0 Å². The third-order valence-electron chi connectivity index (χ3n) is 6.34. The van der Waals surface area contributed by atoms with Crippen molar-refractivity contribution in [3.63, 3.8) is 0 Å². The van der Waals surface area contributed by atoms with Gasteiger partial charge in [-0.2, -0.15) is 0 Å². The van der Waals surface area contributed by atoms with Crippen molar-refractivity contribution in [2.45, 2.75) is 116 Å². The third kappa shape index (κ3) is 14.4.